The third-order valence-corrected chi connectivity index (χ3v) is 4.59. The van der Waals surface area contributed by atoms with Gasteiger partial charge in [0.25, 0.3) is 0 Å². The molecule has 2 heteroatoms. The van der Waals surface area contributed by atoms with Gasteiger partial charge in [0.05, 0.1) is 12.9 Å². The first-order valence-corrected chi connectivity index (χ1v) is 6.52. The lowest BCUT2D eigenvalue weighted by atomic mass is 9.65. The number of hydrogen-bond donors (Lipinski definition) is 0. The van der Waals surface area contributed by atoms with Crippen molar-refractivity contribution in [3.63, 3.8) is 0 Å². The van der Waals surface area contributed by atoms with Gasteiger partial charge in [-0.3, -0.25) is 0 Å². The summed E-state index contributed by atoms with van der Waals surface area (Å²) in [5, 5.41) is 0. The molecule has 1 fully saturated rings. The molecule has 0 N–H and O–H groups in total. The summed E-state index contributed by atoms with van der Waals surface area (Å²) in [7, 11) is 0. The molecule has 1 aromatic rings. The molecule has 0 radical (unpaired) electrons. The molecule has 17 heavy (non-hydrogen) atoms. The summed E-state index contributed by atoms with van der Waals surface area (Å²) in [6, 6.07) is 3.98. The zero-order valence-corrected chi connectivity index (χ0v) is 10.7. The summed E-state index contributed by atoms with van der Waals surface area (Å²) in [6.45, 7) is 7.75. The van der Waals surface area contributed by atoms with E-state index in [0.717, 1.165) is 12.4 Å². The maximum absolute atomic E-state index is 6.07. The van der Waals surface area contributed by atoms with Gasteiger partial charge in [-0.05, 0) is 36.8 Å². The van der Waals surface area contributed by atoms with Crippen LogP contribution in [0.4, 0.5) is 0 Å². The zero-order chi connectivity index (χ0) is 12.0. The fourth-order valence-electron chi connectivity index (χ4n) is 3.66. The minimum atomic E-state index is 0.111. The predicted octanol–water partition coefficient (Wildman–Crippen LogP) is 3.82. The Hall–Kier alpha value is -1.02. The average Bonchev–Trinajstić information content (AvgIpc) is 2.78. The minimum Gasteiger partial charge on any atom is -0.467 e. The van der Waals surface area contributed by atoms with E-state index in [2.05, 4.69) is 26.8 Å². The molecular weight excluding hydrogens is 212 g/mol. The van der Waals surface area contributed by atoms with Crippen molar-refractivity contribution < 1.29 is 9.15 Å². The normalized spacial score (nSPS) is 41.1. The first-order chi connectivity index (χ1) is 8.18. The van der Waals surface area contributed by atoms with E-state index in [1.165, 1.54) is 5.57 Å². The van der Waals surface area contributed by atoms with Gasteiger partial charge in [-0.15, -0.1) is 0 Å². The third-order valence-electron chi connectivity index (χ3n) is 4.59. The Morgan fingerprint density at radius 2 is 2.12 bits per heavy atom. The van der Waals surface area contributed by atoms with Crippen LogP contribution in [0.25, 0.3) is 0 Å². The van der Waals surface area contributed by atoms with Crippen molar-refractivity contribution in [3.05, 3.63) is 35.8 Å². The molecule has 0 spiro atoms. The summed E-state index contributed by atoms with van der Waals surface area (Å²) >= 11 is 0. The van der Waals surface area contributed by atoms with Crippen LogP contribution >= 0.6 is 0 Å². The Bertz CT molecular complexity index is 418. The van der Waals surface area contributed by atoms with E-state index in [-0.39, 0.29) is 6.10 Å². The van der Waals surface area contributed by atoms with Crippen molar-refractivity contribution >= 4 is 0 Å². The minimum absolute atomic E-state index is 0.111. The van der Waals surface area contributed by atoms with Crippen molar-refractivity contribution in [2.45, 2.75) is 26.9 Å². The van der Waals surface area contributed by atoms with Crippen LogP contribution in [0.2, 0.25) is 0 Å². The molecule has 0 saturated carbocycles. The predicted molar refractivity (Wildman–Crippen MR) is 66.5 cm³/mol. The fourth-order valence-corrected chi connectivity index (χ4v) is 3.66. The Morgan fingerprint density at radius 3 is 2.82 bits per heavy atom. The van der Waals surface area contributed by atoms with Gasteiger partial charge in [-0.2, -0.15) is 0 Å². The number of allylic oxidation sites excluding steroid dienone is 1. The maximum Gasteiger partial charge on any atom is 0.133 e. The number of hydrogen-bond acceptors (Lipinski definition) is 2. The Labute approximate surface area is 103 Å². The molecule has 2 nitrogen and oxygen atoms in total. The monoisotopic (exact) mass is 232 g/mol. The largest absolute Gasteiger partial charge is 0.467 e. The van der Waals surface area contributed by atoms with E-state index in [0.29, 0.717) is 23.7 Å². The van der Waals surface area contributed by atoms with Crippen LogP contribution in [-0.4, -0.2) is 6.61 Å². The molecule has 1 saturated heterocycles. The molecule has 3 rings (SSSR count). The van der Waals surface area contributed by atoms with Crippen LogP contribution in [0.15, 0.2) is 34.5 Å². The van der Waals surface area contributed by atoms with Crippen molar-refractivity contribution in [2.75, 3.05) is 6.61 Å². The average molecular weight is 232 g/mol. The van der Waals surface area contributed by atoms with Crippen molar-refractivity contribution in [1.82, 2.24) is 0 Å². The molecule has 92 valence electrons. The van der Waals surface area contributed by atoms with Gasteiger partial charge in [0.1, 0.15) is 11.9 Å². The summed E-state index contributed by atoms with van der Waals surface area (Å²) < 4.78 is 11.6. The lowest BCUT2D eigenvalue weighted by Crippen LogP contribution is -2.42. The summed E-state index contributed by atoms with van der Waals surface area (Å²) in [5.41, 5.74) is 1.46. The second-order valence-corrected chi connectivity index (χ2v) is 5.59. The van der Waals surface area contributed by atoms with Crippen molar-refractivity contribution in [3.8, 4) is 0 Å². The van der Waals surface area contributed by atoms with Crippen molar-refractivity contribution in [2.24, 2.45) is 23.7 Å². The molecule has 5 atom stereocenters. The van der Waals surface area contributed by atoms with Crippen LogP contribution < -0.4 is 0 Å². The van der Waals surface area contributed by atoms with E-state index in [1.807, 2.05) is 12.1 Å². The zero-order valence-electron chi connectivity index (χ0n) is 10.7. The highest BCUT2D eigenvalue weighted by atomic mass is 16.5. The van der Waals surface area contributed by atoms with Gasteiger partial charge in [-0.25, -0.2) is 0 Å². The maximum atomic E-state index is 6.07. The SMILES string of the molecule is CC1=C[C@@H](C)[C@@H]2CO[C@H](c3ccco3)[C@H]1[C@H]2C. The Balaban J connectivity index is 1.97. The van der Waals surface area contributed by atoms with Crippen LogP contribution in [0.1, 0.15) is 32.6 Å². The third kappa shape index (κ3) is 1.66. The standard InChI is InChI=1S/C15H20O2/c1-9-7-10(2)14-11(3)12(9)8-17-15(14)13-5-4-6-16-13/h4-7,9,11-12,14-15H,8H2,1-3H3/t9-,11+,12+,14-,15-/m1/s1. The molecule has 1 aliphatic heterocycles. The first-order valence-electron chi connectivity index (χ1n) is 6.52. The van der Waals surface area contributed by atoms with Crippen LogP contribution in [0, 0.1) is 23.7 Å². The number of fused-ring (bicyclic) bond motifs is 2. The molecule has 2 heterocycles. The molecular formula is C15H20O2. The van der Waals surface area contributed by atoms with E-state index in [4.69, 9.17) is 9.15 Å². The van der Waals surface area contributed by atoms with Crippen LogP contribution in [-0.2, 0) is 4.74 Å². The number of rotatable bonds is 1. The molecule has 1 aromatic heterocycles. The molecule has 1 aliphatic carbocycles. The number of furan rings is 1. The van der Waals surface area contributed by atoms with Gasteiger partial charge < -0.3 is 9.15 Å². The van der Waals surface area contributed by atoms with Crippen LogP contribution in [0.5, 0.6) is 0 Å². The second kappa shape index (κ2) is 4.02. The van der Waals surface area contributed by atoms with Gasteiger partial charge in [0, 0.05) is 5.92 Å². The Kier molecular flexibility index (Phi) is 2.62. The molecule has 2 bridgehead atoms. The van der Waals surface area contributed by atoms with Crippen molar-refractivity contribution in [1.29, 1.82) is 0 Å². The second-order valence-electron chi connectivity index (χ2n) is 5.59. The molecule has 0 aromatic carbocycles. The van der Waals surface area contributed by atoms with Crippen LogP contribution in [0.3, 0.4) is 0 Å². The summed E-state index contributed by atoms with van der Waals surface area (Å²) in [6.07, 6.45) is 4.27. The Morgan fingerprint density at radius 1 is 1.29 bits per heavy atom. The summed E-state index contributed by atoms with van der Waals surface area (Å²) in [5.74, 6) is 3.44. The van der Waals surface area contributed by atoms with E-state index in [9.17, 15) is 0 Å². The van der Waals surface area contributed by atoms with Gasteiger partial charge in [0.2, 0.25) is 0 Å². The highest BCUT2D eigenvalue weighted by Crippen LogP contribution is 2.49. The molecule has 0 amide bonds. The van der Waals surface area contributed by atoms with Gasteiger partial charge >= 0.3 is 0 Å². The van der Waals surface area contributed by atoms with Gasteiger partial charge in [0.15, 0.2) is 0 Å². The van der Waals surface area contributed by atoms with E-state index in [1.54, 1.807) is 6.26 Å². The molecule has 0 unspecified atom stereocenters. The van der Waals surface area contributed by atoms with E-state index < -0.39 is 0 Å². The highest BCUT2D eigenvalue weighted by molar-refractivity contribution is 5.20. The van der Waals surface area contributed by atoms with E-state index >= 15 is 0 Å². The number of ether oxygens (including phenoxy) is 1. The summed E-state index contributed by atoms with van der Waals surface area (Å²) in [4.78, 5) is 0. The fraction of sp³-hybridized carbons (Fsp3) is 0.600. The quantitative estimate of drug-likeness (QED) is 0.687. The van der Waals surface area contributed by atoms with Gasteiger partial charge in [-0.1, -0.05) is 25.5 Å². The lowest BCUT2D eigenvalue weighted by molar-refractivity contribution is -0.101. The first kappa shape index (κ1) is 11.1. The lowest BCUT2D eigenvalue weighted by Gasteiger charge is -2.46. The smallest absolute Gasteiger partial charge is 0.133 e. The molecule has 2 aliphatic rings. The topological polar surface area (TPSA) is 22.4 Å². The highest BCUT2D eigenvalue weighted by Gasteiger charge is 2.44.